The van der Waals surface area contributed by atoms with Crippen LogP contribution in [0.1, 0.15) is 30.4 Å². The Bertz CT molecular complexity index is 641. The third-order valence-corrected chi connectivity index (χ3v) is 5.83. The van der Waals surface area contributed by atoms with Crippen LogP contribution in [0.3, 0.4) is 0 Å². The molecule has 0 aliphatic heterocycles. The highest BCUT2D eigenvalue weighted by Gasteiger charge is 2.53. The van der Waals surface area contributed by atoms with Crippen molar-refractivity contribution in [2.75, 3.05) is 0 Å². The second-order valence-electron chi connectivity index (χ2n) is 7.37. The van der Waals surface area contributed by atoms with E-state index >= 15 is 0 Å². The van der Waals surface area contributed by atoms with Crippen molar-refractivity contribution in [1.29, 1.82) is 0 Å². The van der Waals surface area contributed by atoms with Gasteiger partial charge in [-0.2, -0.15) is 0 Å². The molecule has 120 valence electrons. The lowest BCUT2D eigenvalue weighted by molar-refractivity contribution is -0.0187. The molecule has 0 heterocycles. The van der Waals surface area contributed by atoms with Gasteiger partial charge in [0, 0.05) is 19.0 Å². The fourth-order valence-corrected chi connectivity index (χ4v) is 4.67. The van der Waals surface area contributed by atoms with Gasteiger partial charge in [0.2, 0.25) is 0 Å². The monoisotopic (exact) mass is 307 g/mol. The lowest BCUT2D eigenvalue weighted by Gasteiger charge is -2.36. The summed E-state index contributed by atoms with van der Waals surface area (Å²) in [5.41, 5.74) is 2.11. The number of aliphatic hydroxyl groups is 1. The molecule has 0 spiro atoms. The first-order chi connectivity index (χ1) is 11.2. The molecule has 0 amide bonds. The molecule has 4 rings (SSSR count). The van der Waals surface area contributed by atoms with Gasteiger partial charge < -0.3 is 10.4 Å². The number of benzene rings is 2. The average molecular weight is 307 g/mol. The zero-order valence-electron chi connectivity index (χ0n) is 13.5. The van der Waals surface area contributed by atoms with E-state index in [0.717, 1.165) is 25.8 Å². The summed E-state index contributed by atoms with van der Waals surface area (Å²) in [7, 11) is 0. The van der Waals surface area contributed by atoms with Gasteiger partial charge >= 0.3 is 0 Å². The van der Waals surface area contributed by atoms with Gasteiger partial charge in [0.1, 0.15) is 0 Å². The van der Waals surface area contributed by atoms with Crippen molar-refractivity contribution in [1.82, 2.24) is 5.32 Å². The van der Waals surface area contributed by atoms with Gasteiger partial charge in [-0.25, -0.2) is 0 Å². The summed E-state index contributed by atoms with van der Waals surface area (Å²) in [5.74, 6) is 1.07. The van der Waals surface area contributed by atoms with Crippen LogP contribution in [0.2, 0.25) is 0 Å². The maximum Gasteiger partial charge on any atom is 0.0719 e. The molecule has 23 heavy (non-hydrogen) atoms. The molecule has 2 aromatic carbocycles. The van der Waals surface area contributed by atoms with Crippen LogP contribution in [-0.4, -0.2) is 16.7 Å². The van der Waals surface area contributed by atoms with Crippen molar-refractivity contribution in [3.8, 4) is 0 Å². The molecule has 0 saturated heterocycles. The summed E-state index contributed by atoms with van der Waals surface area (Å²) in [4.78, 5) is 0. The maximum absolute atomic E-state index is 11.1. The Kier molecular flexibility index (Phi) is 3.96. The number of hydrogen-bond donors (Lipinski definition) is 2. The first-order valence-electron chi connectivity index (χ1n) is 8.76. The molecule has 2 heteroatoms. The highest BCUT2D eigenvalue weighted by atomic mass is 16.3. The molecule has 2 fully saturated rings. The molecule has 4 atom stereocenters. The second kappa shape index (κ2) is 6.10. The van der Waals surface area contributed by atoms with Gasteiger partial charge in [0.05, 0.1) is 5.60 Å². The number of fused-ring (bicyclic) bond motifs is 2. The Morgan fingerprint density at radius 2 is 1.57 bits per heavy atom. The first kappa shape index (κ1) is 14.9. The largest absolute Gasteiger partial charge is 0.389 e. The van der Waals surface area contributed by atoms with Crippen molar-refractivity contribution in [3.05, 3.63) is 71.8 Å². The zero-order valence-corrected chi connectivity index (χ0v) is 13.5. The summed E-state index contributed by atoms with van der Waals surface area (Å²) in [5, 5.41) is 14.8. The second-order valence-corrected chi connectivity index (χ2v) is 7.37. The summed E-state index contributed by atoms with van der Waals surface area (Å²) < 4.78 is 0. The van der Waals surface area contributed by atoms with E-state index in [9.17, 15) is 5.11 Å². The maximum atomic E-state index is 11.1. The molecule has 2 aliphatic carbocycles. The Labute approximate surface area is 138 Å². The average Bonchev–Trinajstić information content (AvgIpc) is 3.11. The van der Waals surface area contributed by atoms with Crippen molar-refractivity contribution in [2.45, 2.75) is 43.9 Å². The summed E-state index contributed by atoms with van der Waals surface area (Å²) in [6.07, 6.45) is 4.04. The molecule has 2 aliphatic rings. The topological polar surface area (TPSA) is 32.3 Å². The minimum absolute atomic E-state index is 0.445. The molecule has 0 unspecified atom stereocenters. The smallest absolute Gasteiger partial charge is 0.0719 e. The van der Waals surface area contributed by atoms with Crippen molar-refractivity contribution < 1.29 is 5.11 Å². The van der Waals surface area contributed by atoms with Crippen LogP contribution >= 0.6 is 0 Å². The van der Waals surface area contributed by atoms with Crippen LogP contribution in [0.4, 0.5) is 0 Å². The molecular formula is C21H25NO. The Morgan fingerprint density at radius 3 is 2.17 bits per heavy atom. The fraction of sp³-hybridized carbons (Fsp3) is 0.429. The van der Waals surface area contributed by atoms with E-state index in [1.54, 1.807) is 0 Å². The van der Waals surface area contributed by atoms with Gasteiger partial charge in [-0.3, -0.25) is 0 Å². The number of hydrogen-bond acceptors (Lipinski definition) is 2. The highest BCUT2D eigenvalue weighted by molar-refractivity contribution is 5.20. The Hall–Kier alpha value is -1.64. The van der Waals surface area contributed by atoms with E-state index in [0.29, 0.717) is 17.9 Å². The van der Waals surface area contributed by atoms with Gasteiger partial charge in [-0.15, -0.1) is 0 Å². The fourth-order valence-electron chi connectivity index (χ4n) is 4.67. The minimum Gasteiger partial charge on any atom is -0.389 e. The van der Waals surface area contributed by atoms with Crippen LogP contribution in [0, 0.1) is 11.8 Å². The molecule has 0 aromatic heterocycles. The lowest BCUT2D eigenvalue weighted by atomic mass is 9.78. The van der Waals surface area contributed by atoms with Gasteiger partial charge in [0.25, 0.3) is 0 Å². The van der Waals surface area contributed by atoms with E-state index < -0.39 is 5.60 Å². The summed E-state index contributed by atoms with van der Waals surface area (Å²) in [6, 6.07) is 21.6. The van der Waals surface area contributed by atoms with E-state index in [-0.39, 0.29) is 0 Å². The molecular weight excluding hydrogens is 282 g/mol. The normalized spacial score (nSPS) is 32.3. The third kappa shape index (κ3) is 3.06. The Morgan fingerprint density at radius 1 is 0.913 bits per heavy atom. The van der Waals surface area contributed by atoms with Crippen LogP contribution in [0.5, 0.6) is 0 Å². The molecule has 0 radical (unpaired) electrons. The minimum atomic E-state index is -0.489. The lowest BCUT2D eigenvalue weighted by Crippen LogP contribution is -2.44. The standard InChI is InChI=1S/C21H25NO/c23-21(13-16-7-3-1-4-8-16)14-18-11-19(21)12-20(18)22-15-17-9-5-2-6-10-17/h1-10,18-20,22-23H,11-15H2/t18-,19-,20-,21-/m0/s1. The van der Waals surface area contributed by atoms with E-state index in [1.807, 2.05) is 6.07 Å². The summed E-state index contributed by atoms with van der Waals surface area (Å²) >= 11 is 0. The van der Waals surface area contributed by atoms with Crippen molar-refractivity contribution in [3.63, 3.8) is 0 Å². The SMILES string of the molecule is O[C@@]1(Cc2ccccc2)C[C@@H]2C[C@H]1C[C@@H]2NCc1ccccc1. The molecule has 2 N–H and O–H groups in total. The third-order valence-electron chi connectivity index (χ3n) is 5.83. The van der Waals surface area contributed by atoms with Gasteiger partial charge in [0.15, 0.2) is 0 Å². The van der Waals surface area contributed by atoms with Gasteiger partial charge in [-0.05, 0) is 42.2 Å². The van der Waals surface area contributed by atoms with Gasteiger partial charge in [-0.1, -0.05) is 60.7 Å². The van der Waals surface area contributed by atoms with E-state index in [4.69, 9.17) is 0 Å². The van der Waals surface area contributed by atoms with Crippen LogP contribution in [0.25, 0.3) is 0 Å². The van der Waals surface area contributed by atoms with E-state index in [2.05, 4.69) is 59.9 Å². The zero-order chi connectivity index (χ0) is 15.7. The quantitative estimate of drug-likeness (QED) is 0.885. The molecule has 2 aromatic rings. The number of rotatable bonds is 5. The van der Waals surface area contributed by atoms with Crippen LogP contribution < -0.4 is 5.32 Å². The first-order valence-corrected chi connectivity index (χ1v) is 8.76. The predicted molar refractivity (Wildman–Crippen MR) is 93.0 cm³/mol. The number of nitrogens with one attached hydrogen (secondary N) is 1. The van der Waals surface area contributed by atoms with Crippen molar-refractivity contribution in [2.24, 2.45) is 11.8 Å². The van der Waals surface area contributed by atoms with Crippen molar-refractivity contribution >= 4 is 0 Å². The predicted octanol–water partition coefficient (Wildman–Crippen LogP) is 3.55. The molecule has 2 saturated carbocycles. The van der Waals surface area contributed by atoms with Crippen LogP contribution in [0.15, 0.2) is 60.7 Å². The van der Waals surface area contributed by atoms with E-state index in [1.165, 1.54) is 17.5 Å². The highest BCUT2D eigenvalue weighted by Crippen LogP contribution is 2.52. The molecule has 2 bridgehead atoms. The van der Waals surface area contributed by atoms with Crippen LogP contribution in [-0.2, 0) is 13.0 Å². The molecule has 2 nitrogen and oxygen atoms in total. The Balaban J connectivity index is 1.36. The summed E-state index contributed by atoms with van der Waals surface area (Å²) in [6.45, 7) is 0.936.